The summed E-state index contributed by atoms with van der Waals surface area (Å²) in [4.78, 5) is 18.3. The lowest BCUT2D eigenvalue weighted by Gasteiger charge is -2.14. The number of alkyl halides is 3. The fraction of sp³-hybridized carbons (Fsp3) is 0.400. The van der Waals surface area contributed by atoms with Gasteiger partial charge in [0.25, 0.3) is 0 Å². The Balaban J connectivity index is 2.79. The molecule has 1 heterocycles. The summed E-state index contributed by atoms with van der Waals surface area (Å²) in [5, 5.41) is 3.89. The van der Waals surface area contributed by atoms with Gasteiger partial charge in [-0.3, -0.25) is 5.32 Å². The van der Waals surface area contributed by atoms with E-state index >= 15 is 0 Å². The van der Waals surface area contributed by atoms with Crippen LogP contribution in [0.2, 0.25) is 5.15 Å². The number of thiocarbonyl (C=S) groups is 1. The predicted octanol–water partition coefficient (Wildman–Crippen LogP) is 2.51. The summed E-state index contributed by atoms with van der Waals surface area (Å²) >= 11 is 10.4. The molecule has 1 rings (SSSR count). The molecule has 0 aliphatic carbocycles. The second-order valence-corrected chi connectivity index (χ2v) is 4.31. The SMILES string of the molecule is CCOC(=O)NC(=S)Nc1ncnc(Cl)c1OCC(F)(F)F. The van der Waals surface area contributed by atoms with E-state index in [1.165, 1.54) is 0 Å². The van der Waals surface area contributed by atoms with Crippen molar-refractivity contribution in [3.05, 3.63) is 11.5 Å². The highest BCUT2D eigenvalue weighted by atomic mass is 35.5. The van der Waals surface area contributed by atoms with Gasteiger partial charge in [-0.05, 0) is 19.1 Å². The molecule has 0 aromatic carbocycles. The number of nitrogens with zero attached hydrogens (tertiary/aromatic N) is 2. The van der Waals surface area contributed by atoms with E-state index < -0.39 is 24.6 Å². The van der Waals surface area contributed by atoms with Crippen LogP contribution in [0.4, 0.5) is 23.8 Å². The monoisotopic (exact) mass is 358 g/mol. The van der Waals surface area contributed by atoms with E-state index in [0.717, 1.165) is 6.33 Å². The minimum absolute atomic E-state index is 0.119. The number of hydrogen-bond donors (Lipinski definition) is 2. The molecule has 0 spiro atoms. The molecule has 0 saturated carbocycles. The molecular formula is C10H10ClF3N4O3S. The maximum absolute atomic E-state index is 12.2. The van der Waals surface area contributed by atoms with Crippen molar-refractivity contribution < 1.29 is 27.4 Å². The highest BCUT2D eigenvalue weighted by molar-refractivity contribution is 7.80. The van der Waals surface area contributed by atoms with Gasteiger partial charge in [0.1, 0.15) is 6.33 Å². The summed E-state index contributed by atoms with van der Waals surface area (Å²) in [7, 11) is 0. The number of rotatable bonds is 4. The van der Waals surface area contributed by atoms with Crippen LogP contribution in [-0.2, 0) is 4.74 Å². The lowest BCUT2D eigenvalue weighted by Crippen LogP contribution is -2.35. The van der Waals surface area contributed by atoms with E-state index in [0.29, 0.717) is 0 Å². The molecule has 0 bridgehead atoms. The van der Waals surface area contributed by atoms with Crippen LogP contribution in [-0.4, -0.2) is 40.6 Å². The summed E-state index contributed by atoms with van der Waals surface area (Å²) in [6.07, 6.45) is -4.42. The van der Waals surface area contributed by atoms with Gasteiger partial charge in [0.05, 0.1) is 6.61 Å². The number of amides is 1. The Morgan fingerprint density at radius 1 is 1.45 bits per heavy atom. The molecule has 22 heavy (non-hydrogen) atoms. The number of carbonyl (C=O) groups excluding carboxylic acids is 1. The van der Waals surface area contributed by atoms with Gasteiger partial charge in [0, 0.05) is 0 Å². The Hall–Kier alpha value is -1.88. The van der Waals surface area contributed by atoms with Crippen LogP contribution in [0.1, 0.15) is 6.92 Å². The summed E-state index contributed by atoms with van der Waals surface area (Å²) in [5.41, 5.74) is 0. The lowest BCUT2D eigenvalue weighted by molar-refractivity contribution is -0.153. The number of aromatic nitrogens is 2. The number of ether oxygens (including phenoxy) is 2. The van der Waals surface area contributed by atoms with E-state index in [4.69, 9.17) is 23.8 Å². The van der Waals surface area contributed by atoms with E-state index in [2.05, 4.69) is 30.1 Å². The molecule has 2 N–H and O–H groups in total. The molecule has 0 fully saturated rings. The first kappa shape index (κ1) is 18.2. The van der Waals surface area contributed by atoms with Crippen molar-refractivity contribution in [3.63, 3.8) is 0 Å². The average Bonchev–Trinajstić information content (AvgIpc) is 2.36. The molecule has 0 radical (unpaired) electrons. The fourth-order valence-electron chi connectivity index (χ4n) is 1.12. The number of halogens is 4. The van der Waals surface area contributed by atoms with Crippen molar-refractivity contribution in [1.82, 2.24) is 15.3 Å². The molecule has 0 aliphatic rings. The van der Waals surface area contributed by atoms with Crippen molar-refractivity contribution in [2.45, 2.75) is 13.1 Å². The first-order valence-electron chi connectivity index (χ1n) is 5.67. The average molecular weight is 359 g/mol. The minimum Gasteiger partial charge on any atom is -0.477 e. The second-order valence-electron chi connectivity index (χ2n) is 3.55. The van der Waals surface area contributed by atoms with Gasteiger partial charge in [0.2, 0.25) is 0 Å². The van der Waals surface area contributed by atoms with E-state index in [9.17, 15) is 18.0 Å². The van der Waals surface area contributed by atoms with Crippen LogP contribution in [0, 0.1) is 0 Å². The zero-order valence-corrected chi connectivity index (χ0v) is 12.6. The third-order valence-electron chi connectivity index (χ3n) is 1.86. The standard InChI is InChI=1S/C10H10ClF3N4O3S/c1-2-20-9(19)18-8(22)17-7-5(6(11)15-4-16-7)21-3-10(12,13)14/h4H,2-3H2,1H3,(H2,15,16,17,18,19,22). The number of nitrogens with one attached hydrogen (secondary N) is 2. The van der Waals surface area contributed by atoms with E-state index in [1.54, 1.807) is 6.92 Å². The first-order valence-corrected chi connectivity index (χ1v) is 6.46. The van der Waals surface area contributed by atoms with Crippen LogP contribution in [0.5, 0.6) is 5.75 Å². The summed E-state index contributed by atoms with van der Waals surface area (Å²) in [6.45, 7) is 0.115. The molecule has 122 valence electrons. The van der Waals surface area contributed by atoms with Gasteiger partial charge in [-0.25, -0.2) is 14.8 Å². The topological polar surface area (TPSA) is 85.4 Å². The molecule has 1 aromatic rings. The van der Waals surface area contributed by atoms with E-state index in [-0.39, 0.29) is 22.7 Å². The van der Waals surface area contributed by atoms with Crippen LogP contribution in [0.15, 0.2) is 6.33 Å². The first-order chi connectivity index (χ1) is 10.2. The number of alkyl carbamates (subject to hydrolysis) is 1. The van der Waals surface area contributed by atoms with Crippen molar-refractivity contribution >= 4 is 40.8 Å². The molecule has 1 amide bonds. The smallest absolute Gasteiger partial charge is 0.422 e. The summed E-state index contributed by atoms with van der Waals surface area (Å²) in [5.74, 6) is -0.680. The molecule has 0 aliphatic heterocycles. The second kappa shape index (κ2) is 7.94. The molecule has 1 aromatic heterocycles. The molecular weight excluding hydrogens is 349 g/mol. The Morgan fingerprint density at radius 3 is 2.73 bits per heavy atom. The van der Waals surface area contributed by atoms with Gasteiger partial charge in [0.15, 0.2) is 28.4 Å². The van der Waals surface area contributed by atoms with Crippen LogP contribution in [0.3, 0.4) is 0 Å². The van der Waals surface area contributed by atoms with Crippen LogP contribution in [0.25, 0.3) is 0 Å². The highest BCUT2D eigenvalue weighted by Gasteiger charge is 2.30. The fourth-order valence-corrected chi connectivity index (χ4v) is 1.49. The van der Waals surface area contributed by atoms with Crippen molar-refractivity contribution in [2.75, 3.05) is 18.5 Å². The Labute approximate surface area is 133 Å². The third kappa shape index (κ3) is 6.26. The minimum atomic E-state index is -4.57. The van der Waals surface area contributed by atoms with Crippen molar-refractivity contribution in [3.8, 4) is 5.75 Å². The normalized spacial score (nSPS) is 10.8. The predicted molar refractivity (Wildman–Crippen MR) is 75.0 cm³/mol. The zero-order chi connectivity index (χ0) is 16.8. The lowest BCUT2D eigenvalue weighted by atomic mass is 10.5. The number of hydrogen-bond acceptors (Lipinski definition) is 6. The van der Waals surface area contributed by atoms with Gasteiger partial charge in [-0.1, -0.05) is 11.6 Å². The number of carbonyl (C=O) groups is 1. The van der Waals surface area contributed by atoms with Crippen molar-refractivity contribution in [2.24, 2.45) is 0 Å². The van der Waals surface area contributed by atoms with Gasteiger partial charge < -0.3 is 14.8 Å². The molecule has 0 saturated heterocycles. The van der Waals surface area contributed by atoms with E-state index in [1.807, 2.05) is 0 Å². The third-order valence-corrected chi connectivity index (χ3v) is 2.34. The Morgan fingerprint density at radius 2 is 2.14 bits per heavy atom. The number of anilines is 1. The Bertz CT molecular complexity index is 559. The van der Waals surface area contributed by atoms with Gasteiger partial charge in [-0.2, -0.15) is 13.2 Å². The van der Waals surface area contributed by atoms with Gasteiger partial charge >= 0.3 is 12.3 Å². The zero-order valence-electron chi connectivity index (χ0n) is 11.0. The Kier molecular flexibility index (Phi) is 6.56. The maximum atomic E-state index is 12.2. The molecule has 12 heteroatoms. The van der Waals surface area contributed by atoms with Gasteiger partial charge in [-0.15, -0.1) is 0 Å². The van der Waals surface area contributed by atoms with Crippen LogP contribution < -0.4 is 15.4 Å². The quantitative estimate of drug-likeness (QED) is 0.631. The maximum Gasteiger partial charge on any atom is 0.422 e. The van der Waals surface area contributed by atoms with Crippen LogP contribution >= 0.6 is 23.8 Å². The summed E-state index contributed by atoms with van der Waals surface area (Å²) in [6, 6.07) is 0. The highest BCUT2D eigenvalue weighted by Crippen LogP contribution is 2.30. The molecule has 7 nitrogen and oxygen atoms in total. The largest absolute Gasteiger partial charge is 0.477 e. The molecule has 0 atom stereocenters. The van der Waals surface area contributed by atoms with Crippen molar-refractivity contribution in [1.29, 1.82) is 0 Å². The molecule has 0 unspecified atom stereocenters. The summed E-state index contributed by atoms with van der Waals surface area (Å²) < 4.78 is 45.7.